The SMILES string of the molecule is COc1c(F)ccc(CC(C)=O)c1OC. The van der Waals surface area contributed by atoms with Crippen molar-refractivity contribution in [2.45, 2.75) is 13.3 Å². The molecular weight excluding hydrogens is 199 g/mol. The number of rotatable bonds is 4. The van der Waals surface area contributed by atoms with Crippen LogP contribution >= 0.6 is 0 Å². The molecule has 0 N–H and O–H groups in total. The molecule has 0 fully saturated rings. The zero-order valence-electron chi connectivity index (χ0n) is 8.96. The van der Waals surface area contributed by atoms with Gasteiger partial charge in [0.1, 0.15) is 5.78 Å². The third kappa shape index (κ3) is 2.46. The summed E-state index contributed by atoms with van der Waals surface area (Å²) < 4.78 is 23.2. The van der Waals surface area contributed by atoms with E-state index in [-0.39, 0.29) is 23.7 Å². The van der Waals surface area contributed by atoms with Gasteiger partial charge in [0.05, 0.1) is 14.2 Å². The fourth-order valence-electron chi connectivity index (χ4n) is 1.40. The first-order chi connectivity index (χ1) is 7.10. The number of hydrogen-bond donors (Lipinski definition) is 0. The van der Waals surface area contributed by atoms with Gasteiger partial charge in [-0.1, -0.05) is 6.07 Å². The predicted molar refractivity (Wildman–Crippen MR) is 53.9 cm³/mol. The highest BCUT2D eigenvalue weighted by atomic mass is 19.1. The van der Waals surface area contributed by atoms with E-state index in [9.17, 15) is 9.18 Å². The Morgan fingerprint density at radius 1 is 1.27 bits per heavy atom. The Bertz CT molecular complexity index is 374. The van der Waals surface area contributed by atoms with Gasteiger partial charge in [-0.05, 0) is 13.0 Å². The normalized spacial score (nSPS) is 9.87. The van der Waals surface area contributed by atoms with E-state index in [1.165, 1.54) is 33.3 Å². The Labute approximate surface area is 87.8 Å². The van der Waals surface area contributed by atoms with Crippen LogP contribution in [0.1, 0.15) is 12.5 Å². The molecule has 0 bridgehead atoms. The lowest BCUT2D eigenvalue weighted by molar-refractivity contribution is -0.116. The molecule has 0 aliphatic rings. The van der Waals surface area contributed by atoms with E-state index in [0.717, 1.165) is 0 Å². The lowest BCUT2D eigenvalue weighted by Crippen LogP contribution is -2.02. The predicted octanol–water partition coefficient (Wildman–Crippen LogP) is 1.97. The quantitative estimate of drug-likeness (QED) is 0.765. The summed E-state index contributed by atoms with van der Waals surface area (Å²) in [7, 11) is 2.78. The molecule has 1 aromatic rings. The van der Waals surface area contributed by atoms with Crippen molar-refractivity contribution in [3.8, 4) is 11.5 Å². The number of carbonyl (C=O) groups excluding carboxylic acids is 1. The van der Waals surface area contributed by atoms with Crippen LogP contribution in [0.3, 0.4) is 0 Å². The Balaban J connectivity index is 3.22. The number of Topliss-reactive ketones (excluding diaryl/α,β-unsaturated/α-hetero) is 1. The van der Waals surface area contributed by atoms with Gasteiger partial charge in [0, 0.05) is 12.0 Å². The van der Waals surface area contributed by atoms with E-state index in [0.29, 0.717) is 5.56 Å². The molecule has 0 aliphatic heterocycles. The van der Waals surface area contributed by atoms with Gasteiger partial charge in [0.25, 0.3) is 0 Å². The van der Waals surface area contributed by atoms with Crippen molar-refractivity contribution >= 4 is 5.78 Å². The van der Waals surface area contributed by atoms with Gasteiger partial charge in [-0.3, -0.25) is 4.79 Å². The van der Waals surface area contributed by atoms with E-state index in [1.54, 1.807) is 0 Å². The minimum Gasteiger partial charge on any atom is -0.492 e. The van der Waals surface area contributed by atoms with Gasteiger partial charge in [0.15, 0.2) is 17.3 Å². The second-order valence-corrected chi connectivity index (χ2v) is 3.15. The molecule has 0 unspecified atom stereocenters. The molecule has 0 amide bonds. The minimum absolute atomic E-state index is 0.0121. The molecule has 0 aromatic heterocycles. The lowest BCUT2D eigenvalue weighted by atomic mass is 10.1. The maximum absolute atomic E-state index is 13.3. The molecule has 4 heteroatoms. The Morgan fingerprint density at radius 3 is 2.33 bits per heavy atom. The number of halogens is 1. The van der Waals surface area contributed by atoms with E-state index in [2.05, 4.69) is 0 Å². The molecule has 0 saturated carbocycles. The van der Waals surface area contributed by atoms with Gasteiger partial charge in [-0.15, -0.1) is 0 Å². The second-order valence-electron chi connectivity index (χ2n) is 3.15. The molecule has 15 heavy (non-hydrogen) atoms. The minimum atomic E-state index is -0.498. The molecule has 1 aromatic carbocycles. The summed E-state index contributed by atoms with van der Waals surface area (Å²) in [6.45, 7) is 1.47. The average Bonchev–Trinajstić information content (AvgIpc) is 2.19. The van der Waals surface area contributed by atoms with Crippen molar-refractivity contribution < 1.29 is 18.7 Å². The summed E-state index contributed by atoms with van der Waals surface area (Å²) in [6.07, 6.45) is 0.208. The van der Waals surface area contributed by atoms with E-state index < -0.39 is 5.82 Å². The van der Waals surface area contributed by atoms with Crippen LogP contribution < -0.4 is 9.47 Å². The first-order valence-corrected chi connectivity index (χ1v) is 4.49. The van der Waals surface area contributed by atoms with Crippen LogP contribution in [-0.2, 0) is 11.2 Å². The van der Waals surface area contributed by atoms with Crippen molar-refractivity contribution in [1.82, 2.24) is 0 Å². The highest BCUT2D eigenvalue weighted by Crippen LogP contribution is 2.33. The third-order valence-electron chi connectivity index (χ3n) is 1.99. The van der Waals surface area contributed by atoms with Gasteiger partial charge in [0.2, 0.25) is 0 Å². The molecule has 1 rings (SSSR count). The summed E-state index contributed by atoms with van der Waals surface area (Å²) in [5, 5.41) is 0. The number of carbonyl (C=O) groups is 1. The molecule has 0 spiro atoms. The summed E-state index contributed by atoms with van der Waals surface area (Å²) in [6, 6.07) is 2.79. The van der Waals surface area contributed by atoms with Crippen molar-refractivity contribution in [1.29, 1.82) is 0 Å². The van der Waals surface area contributed by atoms with Gasteiger partial charge in [-0.2, -0.15) is 0 Å². The number of hydrogen-bond acceptors (Lipinski definition) is 3. The molecular formula is C11H13FO3. The second kappa shape index (κ2) is 4.77. The molecule has 0 radical (unpaired) electrons. The number of methoxy groups -OCH3 is 2. The highest BCUT2D eigenvalue weighted by molar-refractivity contribution is 5.79. The maximum Gasteiger partial charge on any atom is 0.197 e. The fourth-order valence-corrected chi connectivity index (χ4v) is 1.40. The van der Waals surface area contributed by atoms with Gasteiger partial charge < -0.3 is 9.47 Å². The highest BCUT2D eigenvalue weighted by Gasteiger charge is 2.15. The topological polar surface area (TPSA) is 35.5 Å². The summed E-state index contributed by atoms with van der Waals surface area (Å²) in [5.41, 5.74) is 0.628. The molecule has 3 nitrogen and oxygen atoms in total. The first kappa shape index (κ1) is 11.5. The largest absolute Gasteiger partial charge is 0.492 e. The molecule has 0 heterocycles. The number of ether oxygens (including phenoxy) is 2. The first-order valence-electron chi connectivity index (χ1n) is 4.49. The summed E-state index contributed by atoms with van der Waals surface area (Å²) in [5.74, 6) is -0.187. The molecule has 82 valence electrons. The average molecular weight is 212 g/mol. The number of ketones is 1. The van der Waals surface area contributed by atoms with Crippen LogP contribution in [-0.4, -0.2) is 20.0 Å². The Kier molecular flexibility index (Phi) is 3.66. The van der Waals surface area contributed by atoms with Crippen molar-refractivity contribution in [3.63, 3.8) is 0 Å². The van der Waals surface area contributed by atoms with Crippen LogP contribution in [0, 0.1) is 5.82 Å². The maximum atomic E-state index is 13.3. The molecule has 0 saturated heterocycles. The van der Waals surface area contributed by atoms with Crippen molar-refractivity contribution in [3.05, 3.63) is 23.5 Å². The van der Waals surface area contributed by atoms with Crippen molar-refractivity contribution in [2.24, 2.45) is 0 Å². The molecule has 0 atom stereocenters. The molecule has 0 aliphatic carbocycles. The van der Waals surface area contributed by atoms with Crippen LogP contribution in [0.4, 0.5) is 4.39 Å². The van der Waals surface area contributed by atoms with Crippen LogP contribution in [0.2, 0.25) is 0 Å². The van der Waals surface area contributed by atoms with Crippen LogP contribution in [0.25, 0.3) is 0 Å². The lowest BCUT2D eigenvalue weighted by Gasteiger charge is -2.12. The fraction of sp³-hybridized carbons (Fsp3) is 0.364. The van der Waals surface area contributed by atoms with Crippen molar-refractivity contribution in [2.75, 3.05) is 14.2 Å². The Hall–Kier alpha value is -1.58. The van der Waals surface area contributed by atoms with Gasteiger partial charge in [-0.25, -0.2) is 4.39 Å². The number of benzene rings is 1. The monoisotopic (exact) mass is 212 g/mol. The summed E-state index contributed by atoms with van der Waals surface area (Å²) in [4.78, 5) is 11.0. The van der Waals surface area contributed by atoms with E-state index >= 15 is 0 Å². The van der Waals surface area contributed by atoms with Crippen LogP contribution in [0.5, 0.6) is 11.5 Å². The van der Waals surface area contributed by atoms with Crippen LogP contribution in [0.15, 0.2) is 12.1 Å². The zero-order valence-corrected chi connectivity index (χ0v) is 8.96. The van der Waals surface area contributed by atoms with E-state index in [1.807, 2.05) is 0 Å². The standard InChI is InChI=1S/C11H13FO3/c1-7(13)6-8-4-5-9(12)11(15-3)10(8)14-2/h4-5H,6H2,1-3H3. The van der Waals surface area contributed by atoms with E-state index in [4.69, 9.17) is 9.47 Å². The summed E-state index contributed by atoms with van der Waals surface area (Å²) >= 11 is 0. The zero-order chi connectivity index (χ0) is 11.4. The van der Waals surface area contributed by atoms with Gasteiger partial charge >= 0.3 is 0 Å². The third-order valence-corrected chi connectivity index (χ3v) is 1.99. The Morgan fingerprint density at radius 2 is 1.87 bits per heavy atom. The smallest absolute Gasteiger partial charge is 0.197 e.